The van der Waals surface area contributed by atoms with Crippen LogP contribution >= 0.6 is 0 Å². The van der Waals surface area contributed by atoms with Gasteiger partial charge in [-0.25, -0.2) is 14.2 Å². The zero-order valence-corrected chi connectivity index (χ0v) is 66.2. The van der Waals surface area contributed by atoms with Crippen molar-refractivity contribution in [2.45, 2.75) is 96.9 Å². The van der Waals surface area contributed by atoms with E-state index in [9.17, 15) is 78.7 Å². The number of carboxylic acid groups (broad SMARTS) is 2. The Labute approximate surface area is 660 Å². The Hall–Kier alpha value is -13.9. The third kappa shape index (κ3) is 28.2. The van der Waals surface area contributed by atoms with Crippen LogP contribution in [0.1, 0.15) is 138 Å². The number of terminal acetylenes is 2. The molecule has 0 fully saturated rings. The predicted octanol–water partition coefficient (Wildman–Crippen LogP) is 13.6. The summed E-state index contributed by atoms with van der Waals surface area (Å²) in [7, 11) is 0. The van der Waals surface area contributed by atoms with Gasteiger partial charge in [0, 0.05) is 138 Å². The van der Waals surface area contributed by atoms with E-state index in [2.05, 4.69) is 113 Å². The van der Waals surface area contributed by atoms with Gasteiger partial charge >= 0.3 is 29.3 Å². The highest BCUT2D eigenvalue weighted by Crippen LogP contribution is 2.44. The molecule has 6 aromatic rings. The fourth-order valence-corrected chi connectivity index (χ4v) is 10.2. The van der Waals surface area contributed by atoms with E-state index in [4.69, 9.17) is 26.1 Å². The molecule has 114 heavy (non-hydrogen) atoms. The highest BCUT2D eigenvalue weighted by Gasteiger charge is 2.26. The van der Waals surface area contributed by atoms with Gasteiger partial charge in [-0.15, -0.1) is 12.8 Å². The van der Waals surface area contributed by atoms with Gasteiger partial charge in [0.25, 0.3) is 11.8 Å². The molecule has 2 heterocycles. The second kappa shape index (κ2) is 47.3. The molecule has 0 spiro atoms. The fourth-order valence-electron chi connectivity index (χ4n) is 10.2. The average molecular weight is 1560 g/mol. The Kier molecular flexibility index (Phi) is 39.1. The van der Waals surface area contributed by atoms with E-state index in [1.165, 1.54) is 55.5 Å². The van der Waals surface area contributed by atoms with Gasteiger partial charge in [0.15, 0.2) is 11.2 Å². The first-order valence-corrected chi connectivity index (χ1v) is 36.1. The lowest BCUT2D eigenvalue weighted by Crippen LogP contribution is -2.29. The van der Waals surface area contributed by atoms with Crippen LogP contribution in [0.25, 0.3) is 66.8 Å². The van der Waals surface area contributed by atoms with Crippen molar-refractivity contribution >= 4 is 86.2 Å². The largest absolute Gasteiger partial charge is 0.508 e. The number of carboxylic acids is 2. The highest BCUT2D eigenvalue weighted by molar-refractivity contribution is 6.09. The van der Waals surface area contributed by atoms with E-state index in [0.717, 1.165) is 90.2 Å². The third-order valence-corrected chi connectivity index (χ3v) is 16.4. The number of aromatic carboxylic acids is 2. The van der Waals surface area contributed by atoms with E-state index in [1.54, 1.807) is 70.2 Å². The smallest absolute Gasteiger partial charge is 0.336 e. The lowest BCUT2D eigenvalue weighted by atomic mass is 9.90. The van der Waals surface area contributed by atoms with Gasteiger partial charge in [-0.3, -0.25) is 53.8 Å². The number of esters is 1. The number of amides is 3. The van der Waals surface area contributed by atoms with Gasteiger partial charge in [-0.2, -0.15) is 0 Å². The number of rotatable bonds is 19. The minimum absolute atomic E-state index is 0.0198. The van der Waals surface area contributed by atoms with Crippen LogP contribution in [0.5, 0.6) is 17.2 Å². The maximum Gasteiger partial charge on any atom is 0.336 e. The molecule has 4 aliphatic rings. The van der Waals surface area contributed by atoms with Crippen LogP contribution in [0.2, 0.25) is 0 Å². The number of hydrogen-bond acceptors (Lipinski definition) is 20. The first-order valence-electron chi connectivity index (χ1n) is 36.1. The monoisotopic (exact) mass is 1560 g/mol. The van der Waals surface area contributed by atoms with Crippen LogP contribution in [-0.4, -0.2) is 130 Å². The molecule has 28 nitrogen and oxygen atoms in total. The molecule has 28 heteroatoms. The maximum absolute atomic E-state index is 12.1. The average Bonchev–Trinajstić information content (AvgIpc) is 0.577. The molecular formula is C86H97N8O20+. The Morgan fingerprint density at radius 3 is 1.41 bits per heavy atom. The van der Waals surface area contributed by atoms with Crippen molar-refractivity contribution in [2.75, 3.05) is 57.3 Å². The van der Waals surface area contributed by atoms with E-state index in [1.807, 2.05) is 39.8 Å². The van der Waals surface area contributed by atoms with E-state index in [-0.39, 0.29) is 68.5 Å². The lowest BCUT2D eigenvalue weighted by molar-refractivity contribution is -0.385. The first kappa shape index (κ1) is 94.3. The minimum atomic E-state index is -1.04. The molecule has 0 radical (unpaired) electrons. The van der Waals surface area contributed by atoms with Gasteiger partial charge in [0.05, 0.1) is 40.1 Å². The molecule has 600 valence electrons. The number of aromatic hydroxyl groups is 2. The zero-order chi connectivity index (χ0) is 85.6. The second-order valence-corrected chi connectivity index (χ2v) is 25.0. The SMILES string of the molecule is C#CCN.C#CCNC(C)=O.CC(=O)C(C)C.CC(=O)C(C)C.CCN(CC)c1ccc2c(-c3ccccc3C(=O)O)c3ccc(=[N+](CC)CC)cc-3oc2c1.CCNC(=O)c1ccc(O)c([N+](=O)[O-])c1.CCNC(=O)c1ccc(OC(C)=O)c([N+](=O)[O-])c1.O=C(O)c1ccccc1-c1c2ccc(=O)cc-2oc2cc(O)ccc12. The van der Waals surface area contributed by atoms with Crippen molar-refractivity contribution in [3.63, 3.8) is 0 Å². The molecule has 0 atom stereocenters. The van der Waals surface area contributed by atoms with Crippen LogP contribution in [0, 0.1) is 56.8 Å². The molecule has 9 N–H and O–H groups in total. The molecule has 10 rings (SSSR count). The van der Waals surface area contributed by atoms with Gasteiger partial charge in [-0.1, -0.05) is 75.9 Å². The van der Waals surface area contributed by atoms with Crippen LogP contribution in [-0.2, 0) is 19.2 Å². The minimum Gasteiger partial charge on any atom is -0.508 e. The normalized spacial score (nSPS) is 10.0. The first-order chi connectivity index (χ1) is 54.0. The van der Waals surface area contributed by atoms with E-state index >= 15 is 0 Å². The van der Waals surface area contributed by atoms with Crippen molar-refractivity contribution in [3.05, 3.63) is 216 Å². The van der Waals surface area contributed by atoms with Crippen molar-refractivity contribution in [1.82, 2.24) is 20.5 Å². The van der Waals surface area contributed by atoms with Crippen LogP contribution in [0.4, 0.5) is 17.1 Å². The number of nitrogens with two attached hydrogens (primary N) is 1. The number of phenols is 2. The lowest BCUT2D eigenvalue weighted by Gasteiger charge is -2.22. The second-order valence-electron chi connectivity index (χ2n) is 25.0. The highest BCUT2D eigenvalue weighted by atomic mass is 16.6. The number of nitrogens with zero attached hydrogens (tertiary/aromatic N) is 4. The Morgan fingerprint density at radius 1 is 0.553 bits per heavy atom. The molecular weight excluding hydrogens is 1460 g/mol. The summed E-state index contributed by atoms with van der Waals surface area (Å²) in [6.07, 6.45) is 9.46. The number of benzene rings is 8. The summed E-state index contributed by atoms with van der Waals surface area (Å²) in [4.78, 5) is 121. The van der Waals surface area contributed by atoms with Gasteiger partial charge in [0.1, 0.15) is 53.1 Å². The molecule has 0 bridgehead atoms. The zero-order valence-electron chi connectivity index (χ0n) is 66.2. The molecule has 0 aromatic heterocycles. The molecule has 0 saturated carbocycles. The Balaban J connectivity index is 0.000000369. The summed E-state index contributed by atoms with van der Waals surface area (Å²) in [6.45, 7) is 30.5. The number of nitro groups is 2. The Morgan fingerprint density at radius 2 is 1.00 bits per heavy atom. The summed E-state index contributed by atoms with van der Waals surface area (Å²) in [5, 5.41) is 69.7. The van der Waals surface area contributed by atoms with E-state index in [0.29, 0.717) is 65.2 Å². The van der Waals surface area contributed by atoms with Gasteiger partial charge in [-0.05, 0) is 145 Å². The van der Waals surface area contributed by atoms with Crippen LogP contribution < -0.4 is 46.7 Å². The van der Waals surface area contributed by atoms with Gasteiger partial charge < -0.3 is 60.6 Å². The van der Waals surface area contributed by atoms with Crippen molar-refractivity contribution in [3.8, 4) is 86.8 Å². The summed E-state index contributed by atoms with van der Waals surface area (Å²) in [6, 6.07) is 42.5. The van der Waals surface area contributed by atoms with Crippen LogP contribution in [0.15, 0.2) is 171 Å². The predicted molar refractivity (Wildman–Crippen MR) is 440 cm³/mol. The number of fused-ring (bicyclic) bond motifs is 4. The van der Waals surface area contributed by atoms with E-state index < -0.39 is 56.7 Å². The number of nitro benzene ring substituents is 2. The quantitative estimate of drug-likeness (QED) is 0.00709. The topological polar surface area (TPSA) is 425 Å². The number of carbonyl (C=O) groups is 8. The molecule has 2 aliphatic carbocycles. The van der Waals surface area contributed by atoms with Crippen molar-refractivity contribution in [2.24, 2.45) is 17.6 Å². The van der Waals surface area contributed by atoms with Crippen LogP contribution in [0.3, 0.4) is 0 Å². The summed E-state index contributed by atoms with van der Waals surface area (Å²) in [5.41, 5.74) is 10.9. The summed E-state index contributed by atoms with van der Waals surface area (Å²) >= 11 is 0. The molecule has 3 amide bonds. The molecule has 0 saturated heterocycles. The maximum atomic E-state index is 12.1. The number of ketones is 2. The van der Waals surface area contributed by atoms with Crippen molar-refractivity contribution < 1.29 is 82.2 Å². The number of ether oxygens (including phenoxy) is 1. The number of nitrogens with one attached hydrogen (secondary N) is 3. The number of carbonyl (C=O) groups excluding carboxylic acids is 6. The van der Waals surface area contributed by atoms with Gasteiger partial charge in [0.2, 0.25) is 17.0 Å². The number of hydrogen-bond donors (Lipinski definition) is 8. The summed E-state index contributed by atoms with van der Waals surface area (Å²) in [5.74, 6) is 2.34. The molecule has 0 unspecified atom stereocenters. The third-order valence-electron chi connectivity index (χ3n) is 16.4. The standard InChI is InChI=1S/C28H30N2O3.C20H12O5.C11H12N2O5.C9H10N2O4.C5H7NO.2C5H10O.C3H5N/c1-5-29(6-2)19-13-15-23-25(17-19)33-26-18-20(30(7-3)8-4)14-16-24(26)27(23)21-11-9-10-12-22(21)28(31)32;21-11-5-7-15-17(9-11)25-18-10-12(22)6-8-16(18)19(15)13-3-1-2-4-14(13)20(23)24;1-3-12-11(15)8-4-5-10(18-7(2)14)9(6-8)13(16)17;1-2-10-9(13)6-3-4-8(12)7(5-6)11(14)15;1-3-4-6-5(2)7;2*1-4(2)5(3)6;1-2-3-4/h9-18H,5-8H2,1-4H3;1-10,21H,(H,23,24);4-6H,3H2,1-2H3,(H,12,15);3-5,12H,2H2,1H3,(H,10,13);1H,4H2,2H3,(H,6,7);2*4H,1-3H3;1H,3-4H2/p+1. The Bertz CT molecular complexity index is 5190. The summed E-state index contributed by atoms with van der Waals surface area (Å²) < 4.78 is 19.2. The number of anilines is 1. The number of Topliss-reactive ketones (excluding diaryl/α,β-unsaturated/α-hetero) is 2. The number of phenolic OH excluding ortho intramolecular Hbond substituents is 2. The van der Waals surface area contributed by atoms with Crippen molar-refractivity contribution in [1.29, 1.82) is 0 Å². The molecule has 2 aliphatic heterocycles. The molecule has 6 aromatic carbocycles. The fraction of sp³-hybridized carbons (Fsp3) is 0.279.